The van der Waals surface area contributed by atoms with E-state index in [2.05, 4.69) is 13.8 Å². The van der Waals surface area contributed by atoms with Gasteiger partial charge in [0.05, 0.1) is 13.7 Å². The van der Waals surface area contributed by atoms with Gasteiger partial charge < -0.3 is 9.47 Å². The van der Waals surface area contributed by atoms with Crippen LogP contribution >= 0.6 is 0 Å². The molecule has 1 aliphatic rings. The predicted molar refractivity (Wildman–Crippen MR) is 84.6 cm³/mol. The van der Waals surface area contributed by atoms with Crippen molar-refractivity contribution in [2.24, 2.45) is 5.92 Å². The summed E-state index contributed by atoms with van der Waals surface area (Å²) in [6.45, 7) is 5.88. The number of rotatable bonds is 5. The summed E-state index contributed by atoms with van der Waals surface area (Å²) in [5.74, 6) is 3.52. The second-order valence-electron chi connectivity index (χ2n) is 6.13. The number of para-hydroxylation sites is 2. The summed E-state index contributed by atoms with van der Waals surface area (Å²) >= 11 is 0. The lowest BCUT2D eigenvalue weighted by molar-refractivity contribution is 0.193. The molecule has 1 aromatic carbocycles. The van der Waals surface area contributed by atoms with Crippen molar-refractivity contribution in [3.05, 3.63) is 35.9 Å². The lowest BCUT2D eigenvalue weighted by Crippen LogP contribution is -2.10. The average Bonchev–Trinajstić information content (AvgIpc) is 3.15. The average molecular weight is 301 g/mol. The lowest BCUT2D eigenvalue weighted by atomic mass is 10.1. The quantitative estimate of drug-likeness (QED) is 0.852. The van der Waals surface area contributed by atoms with Gasteiger partial charge in [-0.2, -0.15) is 5.10 Å². The molecule has 0 amide bonds. The molecule has 0 unspecified atom stereocenters. The van der Waals surface area contributed by atoms with Gasteiger partial charge in [0.15, 0.2) is 5.82 Å². The van der Waals surface area contributed by atoms with E-state index in [0.717, 1.165) is 49.1 Å². The molecule has 5 heteroatoms. The molecule has 1 saturated heterocycles. The van der Waals surface area contributed by atoms with E-state index in [0.29, 0.717) is 11.8 Å². The van der Waals surface area contributed by atoms with Crippen molar-refractivity contribution >= 4 is 0 Å². The molecule has 0 radical (unpaired) electrons. The summed E-state index contributed by atoms with van der Waals surface area (Å²) in [6.07, 6.45) is 1.87. The molecule has 118 valence electrons. The lowest BCUT2D eigenvalue weighted by Gasteiger charge is -2.12. The second kappa shape index (κ2) is 6.48. The molecule has 0 bridgehead atoms. The van der Waals surface area contributed by atoms with Gasteiger partial charge in [0.2, 0.25) is 0 Å². The van der Waals surface area contributed by atoms with Gasteiger partial charge in [-0.25, -0.2) is 9.67 Å². The Morgan fingerprint density at radius 1 is 1.36 bits per heavy atom. The molecule has 0 aliphatic carbocycles. The van der Waals surface area contributed by atoms with Gasteiger partial charge in [0.1, 0.15) is 17.3 Å². The fraction of sp³-hybridized carbons (Fsp3) is 0.529. The van der Waals surface area contributed by atoms with Crippen molar-refractivity contribution in [1.29, 1.82) is 0 Å². The molecule has 2 heterocycles. The Kier molecular flexibility index (Phi) is 4.43. The summed E-state index contributed by atoms with van der Waals surface area (Å²) in [5.41, 5.74) is 0.939. The molecule has 5 nitrogen and oxygen atoms in total. The molecule has 1 fully saturated rings. The standard InChI is InChI=1S/C17H23N3O2/c1-12(2)10-16-18-17(13-8-9-22-11-13)20(19-16)14-6-4-5-7-15(14)21-3/h4-7,12-13H,8-11H2,1-3H3/t13-/m1/s1. The summed E-state index contributed by atoms with van der Waals surface area (Å²) in [4.78, 5) is 4.80. The van der Waals surface area contributed by atoms with E-state index in [4.69, 9.17) is 19.6 Å². The van der Waals surface area contributed by atoms with Crippen LogP contribution in [0.5, 0.6) is 5.75 Å². The highest BCUT2D eigenvalue weighted by molar-refractivity contribution is 5.46. The minimum absolute atomic E-state index is 0.304. The van der Waals surface area contributed by atoms with Crippen molar-refractivity contribution in [2.45, 2.75) is 32.6 Å². The third kappa shape index (κ3) is 2.99. The van der Waals surface area contributed by atoms with Crippen LogP contribution in [0.3, 0.4) is 0 Å². The van der Waals surface area contributed by atoms with E-state index in [-0.39, 0.29) is 0 Å². The molecule has 1 aliphatic heterocycles. The normalized spacial score (nSPS) is 18.1. The molecular formula is C17H23N3O2. The summed E-state index contributed by atoms with van der Waals surface area (Å²) in [7, 11) is 1.68. The van der Waals surface area contributed by atoms with Crippen molar-refractivity contribution in [2.75, 3.05) is 20.3 Å². The third-order valence-electron chi connectivity index (χ3n) is 3.88. The number of nitrogens with zero attached hydrogens (tertiary/aromatic N) is 3. The summed E-state index contributed by atoms with van der Waals surface area (Å²) in [6, 6.07) is 7.93. The monoisotopic (exact) mass is 301 g/mol. The third-order valence-corrected chi connectivity index (χ3v) is 3.88. The molecule has 1 atom stereocenters. The van der Waals surface area contributed by atoms with E-state index in [1.165, 1.54) is 0 Å². The Bertz CT molecular complexity index is 631. The minimum Gasteiger partial charge on any atom is -0.494 e. The summed E-state index contributed by atoms with van der Waals surface area (Å²) < 4.78 is 13.0. The second-order valence-corrected chi connectivity index (χ2v) is 6.13. The first-order valence-corrected chi connectivity index (χ1v) is 7.86. The van der Waals surface area contributed by atoms with Gasteiger partial charge in [0, 0.05) is 18.9 Å². The molecule has 0 spiro atoms. The van der Waals surface area contributed by atoms with Gasteiger partial charge in [-0.05, 0) is 24.5 Å². The van der Waals surface area contributed by atoms with E-state index >= 15 is 0 Å². The number of methoxy groups -OCH3 is 1. The Labute approximate surface area is 131 Å². The Morgan fingerprint density at radius 2 is 2.18 bits per heavy atom. The van der Waals surface area contributed by atoms with Crippen molar-refractivity contribution < 1.29 is 9.47 Å². The first-order valence-electron chi connectivity index (χ1n) is 7.86. The first kappa shape index (κ1) is 15.0. The minimum atomic E-state index is 0.304. The zero-order valence-electron chi connectivity index (χ0n) is 13.5. The number of ether oxygens (including phenoxy) is 2. The highest BCUT2D eigenvalue weighted by Gasteiger charge is 2.26. The Balaban J connectivity index is 2.05. The van der Waals surface area contributed by atoms with E-state index in [1.807, 2.05) is 28.9 Å². The van der Waals surface area contributed by atoms with Crippen LogP contribution < -0.4 is 4.74 Å². The SMILES string of the molecule is COc1ccccc1-n1nc(CC(C)C)nc1[C@@H]1CCOC1. The number of hydrogen-bond acceptors (Lipinski definition) is 4. The molecule has 3 rings (SSSR count). The highest BCUT2D eigenvalue weighted by Crippen LogP contribution is 2.29. The maximum absolute atomic E-state index is 5.54. The van der Waals surface area contributed by atoms with Gasteiger partial charge in [-0.15, -0.1) is 0 Å². The van der Waals surface area contributed by atoms with Gasteiger partial charge in [-0.1, -0.05) is 26.0 Å². The molecule has 22 heavy (non-hydrogen) atoms. The molecule has 0 N–H and O–H groups in total. The van der Waals surface area contributed by atoms with E-state index in [1.54, 1.807) is 7.11 Å². The van der Waals surface area contributed by atoms with Crippen LogP contribution in [-0.2, 0) is 11.2 Å². The van der Waals surface area contributed by atoms with Crippen LogP contribution in [-0.4, -0.2) is 35.1 Å². The van der Waals surface area contributed by atoms with Crippen LogP contribution in [0.25, 0.3) is 5.69 Å². The smallest absolute Gasteiger partial charge is 0.151 e. The van der Waals surface area contributed by atoms with Gasteiger partial charge in [0.25, 0.3) is 0 Å². The zero-order valence-corrected chi connectivity index (χ0v) is 13.5. The van der Waals surface area contributed by atoms with Crippen molar-refractivity contribution in [3.63, 3.8) is 0 Å². The fourth-order valence-electron chi connectivity index (χ4n) is 2.80. The number of aromatic nitrogens is 3. The van der Waals surface area contributed by atoms with E-state index < -0.39 is 0 Å². The predicted octanol–water partition coefficient (Wildman–Crippen LogP) is 2.98. The molecular weight excluding hydrogens is 278 g/mol. The van der Waals surface area contributed by atoms with Crippen LogP contribution in [0.4, 0.5) is 0 Å². The number of benzene rings is 1. The largest absolute Gasteiger partial charge is 0.494 e. The summed E-state index contributed by atoms with van der Waals surface area (Å²) in [5, 5.41) is 4.74. The Hall–Kier alpha value is -1.88. The molecule has 2 aromatic rings. The first-order chi connectivity index (χ1) is 10.7. The Morgan fingerprint density at radius 3 is 2.86 bits per heavy atom. The highest BCUT2D eigenvalue weighted by atomic mass is 16.5. The number of hydrogen-bond donors (Lipinski definition) is 0. The van der Waals surface area contributed by atoms with Crippen LogP contribution in [0.1, 0.15) is 37.8 Å². The van der Waals surface area contributed by atoms with Crippen molar-refractivity contribution in [3.8, 4) is 11.4 Å². The zero-order chi connectivity index (χ0) is 15.5. The van der Waals surface area contributed by atoms with Crippen LogP contribution in [0.15, 0.2) is 24.3 Å². The van der Waals surface area contributed by atoms with Crippen LogP contribution in [0, 0.1) is 5.92 Å². The van der Waals surface area contributed by atoms with E-state index in [9.17, 15) is 0 Å². The van der Waals surface area contributed by atoms with Gasteiger partial charge >= 0.3 is 0 Å². The van der Waals surface area contributed by atoms with Crippen molar-refractivity contribution in [1.82, 2.24) is 14.8 Å². The molecule has 1 aromatic heterocycles. The molecule has 0 saturated carbocycles. The maximum Gasteiger partial charge on any atom is 0.151 e. The fourth-order valence-corrected chi connectivity index (χ4v) is 2.80. The maximum atomic E-state index is 5.54. The topological polar surface area (TPSA) is 49.2 Å². The van der Waals surface area contributed by atoms with Crippen LogP contribution in [0.2, 0.25) is 0 Å². The van der Waals surface area contributed by atoms with Gasteiger partial charge in [-0.3, -0.25) is 0 Å².